The maximum atomic E-state index is 13.0. The van der Waals surface area contributed by atoms with E-state index in [1.54, 1.807) is 12.1 Å². The summed E-state index contributed by atoms with van der Waals surface area (Å²) in [6.45, 7) is 3.01. The molecule has 0 saturated heterocycles. The lowest BCUT2D eigenvalue weighted by atomic mass is 9.90. The Morgan fingerprint density at radius 3 is 2.31 bits per heavy atom. The second-order valence-electron chi connectivity index (χ2n) is 7.06. The third kappa shape index (κ3) is 5.33. The Bertz CT molecular complexity index is 1030. The molecule has 0 radical (unpaired) electrons. The number of carbonyl (C=O) groups is 1. The number of hydrogen-bond donors (Lipinski definition) is 1. The van der Waals surface area contributed by atoms with Crippen molar-refractivity contribution in [3.63, 3.8) is 0 Å². The molecule has 0 aromatic heterocycles. The molecule has 29 heavy (non-hydrogen) atoms. The van der Waals surface area contributed by atoms with Gasteiger partial charge in [-0.15, -0.1) is 0 Å². The summed E-state index contributed by atoms with van der Waals surface area (Å²) in [5.41, 5.74) is 0.172. The number of fused-ring (bicyclic) bond motifs is 1. The first-order chi connectivity index (χ1) is 13.8. The van der Waals surface area contributed by atoms with Crippen molar-refractivity contribution in [3.8, 4) is 0 Å². The van der Waals surface area contributed by atoms with Crippen molar-refractivity contribution in [2.75, 3.05) is 6.61 Å². The number of ether oxygens (including phenoxy) is 1. The van der Waals surface area contributed by atoms with E-state index < -0.39 is 19.2 Å². The lowest BCUT2D eigenvalue weighted by Crippen LogP contribution is -2.34. The van der Waals surface area contributed by atoms with Crippen LogP contribution in [-0.2, 0) is 30.4 Å². The SMILES string of the molecule is CCC(COC(C)=O)(OP(=O)(O)Cc1ccccc1)c1ccc2ccccc2c1. The molecule has 6 heteroatoms. The first-order valence-electron chi connectivity index (χ1n) is 9.53. The van der Waals surface area contributed by atoms with E-state index >= 15 is 0 Å². The normalized spacial score (nSPS) is 15.4. The standard InChI is InChI=1S/C23H25O5P/c1-3-23(17-27-18(2)24,22-14-13-20-11-7-8-12-21(20)15-22)28-29(25,26)16-19-9-5-4-6-10-19/h4-15H,3,16-17H2,1-2H3,(H,25,26). The van der Waals surface area contributed by atoms with Gasteiger partial charge < -0.3 is 9.63 Å². The molecule has 0 bridgehead atoms. The summed E-state index contributed by atoms with van der Waals surface area (Å²) in [6.07, 6.45) is 0.237. The van der Waals surface area contributed by atoms with Gasteiger partial charge in [0.05, 0.1) is 6.16 Å². The predicted molar refractivity (Wildman–Crippen MR) is 114 cm³/mol. The molecular weight excluding hydrogens is 387 g/mol. The summed E-state index contributed by atoms with van der Waals surface area (Å²) in [5, 5.41) is 2.02. The fraction of sp³-hybridized carbons (Fsp3) is 0.261. The van der Waals surface area contributed by atoms with Crippen LogP contribution < -0.4 is 0 Å². The summed E-state index contributed by atoms with van der Waals surface area (Å²) in [5.74, 6) is -0.469. The molecule has 0 aliphatic rings. The molecule has 3 aromatic rings. The van der Waals surface area contributed by atoms with Gasteiger partial charge in [-0.25, -0.2) is 0 Å². The van der Waals surface area contributed by atoms with Gasteiger partial charge in [0.1, 0.15) is 12.2 Å². The van der Waals surface area contributed by atoms with Crippen molar-refractivity contribution in [2.24, 2.45) is 0 Å². The molecule has 0 spiro atoms. The zero-order valence-corrected chi connectivity index (χ0v) is 17.5. The van der Waals surface area contributed by atoms with Crippen molar-refractivity contribution in [3.05, 3.63) is 83.9 Å². The predicted octanol–water partition coefficient (Wildman–Crippen LogP) is 5.41. The van der Waals surface area contributed by atoms with Crippen LogP contribution in [0, 0.1) is 0 Å². The molecule has 0 amide bonds. The summed E-state index contributed by atoms with van der Waals surface area (Å²) in [4.78, 5) is 22.2. The van der Waals surface area contributed by atoms with Gasteiger partial charge in [0, 0.05) is 6.92 Å². The van der Waals surface area contributed by atoms with Crippen LogP contribution in [0.1, 0.15) is 31.4 Å². The zero-order valence-electron chi connectivity index (χ0n) is 16.6. The van der Waals surface area contributed by atoms with Crippen LogP contribution in [0.3, 0.4) is 0 Å². The highest BCUT2D eigenvalue weighted by Gasteiger charge is 2.40. The van der Waals surface area contributed by atoms with Gasteiger partial charge >= 0.3 is 13.6 Å². The number of esters is 1. The number of carbonyl (C=O) groups excluding carboxylic acids is 1. The second-order valence-corrected chi connectivity index (χ2v) is 8.84. The van der Waals surface area contributed by atoms with Gasteiger partial charge in [-0.05, 0) is 34.4 Å². The first-order valence-corrected chi connectivity index (χ1v) is 11.3. The van der Waals surface area contributed by atoms with Crippen LogP contribution >= 0.6 is 7.60 Å². The maximum absolute atomic E-state index is 13.0. The van der Waals surface area contributed by atoms with E-state index in [-0.39, 0.29) is 12.8 Å². The molecule has 5 nitrogen and oxygen atoms in total. The fourth-order valence-electron chi connectivity index (χ4n) is 3.34. The molecule has 152 valence electrons. The zero-order chi connectivity index (χ0) is 20.9. The topological polar surface area (TPSA) is 72.8 Å². The Morgan fingerprint density at radius 2 is 1.66 bits per heavy atom. The van der Waals surface area contributed by atoms with Crippen molar-refractivity contribution in [2.45, 2.75) is 32.0 Å². The summed E-state index contributed by atoms with van der Waals surface area (Å²) >= 11 is 0. The third-order valence-electron chi connectivity index (χ3n) is 4.90. The molecule has 3 aromatic carbocycles. The Morgan fingerprint density at radius 1 is 1.00 bits per heavy atom. The van der Waals surface area contributed by atoms with Crippen molar-refractivity contribution in [1.82, 2.24) is 0 Å². The van der Waals surface area contributed by atoms with Crippen LogP contribution in [0.2, 0.25) is 0 Å². The van der Waals surface area contributed by atoms with Crippen molar-refractivity contribution >= 4 is 24.3 Å². The van der Waals surface area contributed by atoms with Gasteiger partial charge in [-0.2, -0.15) is 0 Å². The van der Waals surface area contributed by atoms with Gasteiger partial charge in [0.25, 0.3) is 0 Å². The van der Waals surface area contributed by atoms with Gasteiger partial charge in [-0.3, -0.25) is 13.9 Å². The monoisotopic (exact) mass is 412 g/mol. The average molecular weight is 412 g/mol. The number of benzene rings is 3. The van der Waals surface area contributed by atoms with Crippen LogP contribution in [0.15, 0.2) is 72.8 Å². The van der Waals surface area contributed by atoms with E-state index in [0.717, 1.165) is 10.8 Å². The second kappa shape index (κ2) is 8.91. The highest BCUT2D eigenvalue weighted by atomic mass is 31.2. The molecule has 0 saturated carbocycles. The largest absolute Gasteiger partial charge is 0.462 e. The molecule has 0 heterocycles. The summed E-state index contributed by atoms with van der Waals surface area (Å²) in [6, 6.07) is 22.6. The van der Waals surface area contributed by atoms with E-state index in [1.807, 2.05) is 67.6 Å². The van der Waals surface area contributed by atoms with Crippen LogP contribution in [0.5, 0.6) is 0 Å². The molecular formula is C23H25O5P. The molecule has 3 rings (SSSR count). The lowest BCUT2D eigenvalue weighted by molar-refractivity contribution is -0.148. The number of hydrogen-bond acceptors (Lipinski definition) is 4. The lowest BCUT2D eigenvalue weighted by Gasteiger charge is -2.34. The average Bonchev–Trinajstić information content (AvgIpc) is 2.71. The molecule has 2 atom stereocenters. The first kappa shape index (κ1) is 21.3. The Kier molecular flexibility index (Phi) is 6.53. The maximum Gasteiger partial charge on any atom is 0.333 e. The Hall–Kier alpha value is -2.46. The number of rotatable bonds is 8. The molecule has 0 fully saturated rings. The molecule has 0 aliphatic heterocycles. The van der Waals surface area contributed by atoms with Gasteiger partial charge in [-0.1, -0.05) is 73.7 Å². The third-order valence-corrected chi connectivity index (χ3v) is 6.30. The molecule has 1 N–H and O–H groups in total. The van der Waals surface area contributed by atoms with Crippen molar-refractivity contribution in [1.29, 1.82) is 0 Å². The molecule has 0 aliphatic carbocycles. The van der Waals surface area contributed by atoms with Gasteiger partial charge in [0.15, 0.2) is 0 Å². The van der Waals surface area contributed by atoms with Crippen LogP contribution in [-0.4, -0.2) is 17.5 Å². The Balaban J connectivity index is 1.99. The minimum Gasteiger partial charge on any atom is -0.462 e. The minimum atomic E-state index is -4.03. The summed E-state index contributed by atoms with van der Waals surface area (Å²) < 4.78 is 24.2. The van der Waals surface area contributed by atoms with E-state index in [4.69, 9.17) is 9.26 Å². The van der Waals surface area contributed by atoms with Crippen LogP contribution in [0.4, 0.5) is 0 Å². The highest BCUT2D eigenvalue weighted by Crippen LogP contribution is 2.53. The Labute approximate surface area is 170 Å². The van der Waals surface area contributed by atoms with E-state index in [9.17, 15) is 14.3 Å². The fourth-order valence-corrected chi connectivity index (χ4v) is 4.91. The van der Waals surface area contributed by atoms with E-state index in [1.165, 1.54) is 6.92 Å². The molecule has 2 unspecified atom stereocenters. The van der Waals surface area contributed by atoms with E-state index in [0.29, 0.717) is 17.5 Å². The summed E-state index contributed by atoms with van der Waals surface area (Å²) in [7, 11) is -4.03. The smallest absolute Gasteiger partial charge is 0.333 e. The quantitative estimate of drug-likeness (QED) is 0.396. The van der Waals surface area contributed by atoms with Crippen molar-refractivity contribution < 1.29 is 23.5 Å². The minimum absolute atomic E-state index is 0.122. The van der Waals surface area contributed by atoms with Gasteiger partial charge in [0.2, 0.25) is 0 Å². The van der Waals surface area contributed by atoms with Crippen LogP contribution in [0.25, 0.3) is 10.8 Å². The van der Waals surface area contributed by atoms with E-state index in [2.05, 4.69) is 0 Å². The highest BCUT2D eigenvalue weighted by molar-refractivity contribution is 7.52.